The van der Waals surface area contributed by atoms with Gasteiger partial charge in [0.25, 0.3) is 8.32 Å². The fourth-order valence-corrected chi connectivity index (χ4v) is 8.65. The zero-order chi connectivity index (χ0) is 23.8. The Labute approximate surface area is 197 Å². The number of aliphatic hydroxyl groups is 2. The molecule has 0 amide bonds. The Hall–Kier alpha value is -0.0962. The second kappa shape index (κ2) is 13.1. The molecule has 7 atom stereocenters. The molecule has 2 aliphatic carbocycles. The number of hydrogen-bond acceptors (Lipinski definition) is 6. The van der Waals surface area contributed by atoms with Crippen LogP contribution >= 0.6 is 0 Å². The third-order valence-electron chi connectivity index (χ3n) is 8.69. The van der Waals surface area contributed by atoms with E-state index in [0.717, 1.165) is 75.8 Å². The highest BCUT2D eigenvalue weighted by molar-refractivity contribution is 6.95. The summed E-state index contributed by atoms with van der Waals surface area (Å²) in [4.78, 5) is 11.3. The molecule has 0 radical (unpaired) electrons. The van der Waals surface area contributed by atoms with Gasteiger partial charge >= 0.3 is 8.56 Å². The summed E-state index contributed by atoms with van der Waals surface area (Å²) in [5, 5.41) is 21.6. The van der Waals surface area contributed by atoms with Crippen molar-refractivity contribution in [3.63, 3.8) is 0 Å². The van der Waals surface area contributed by atoms with Crippen LogP contribution in [-0.2, 0) is 18.1 Å². The predicted octanol–water partition coefficient (Wildman–Crippen LogP) is 4.46. The van der Waals surface area contributed by atoms with Crippen LogP contribution in [0.5, 0.6) is 0 Å². The van der Waals surface area contributed by atoms with Gasteiger partial charge in [0.1, 0.15) is 5.91 Å². The molecule has 0 aromatic carbocycles. The smallest absolute Gasteiger partial charge is 0.334 e. The third-order valence-corrected chi connectivity index (χ3v) is 14.5. The monoisotopic (exact) mass is 488 g/mol. The molecule has 0 spiro atoms. The lowest BCUT2D eigenvalue weighted by Crippen LogP contribution is -2.39. The minimum atomic E-state index is -2.19. The van der Waals surface area contributed by atoms with E-state index in [4.69, 9.17) is 13.3 Å². The Morgan fingerprint density at radius 2 is 1.25 bits per heavy atom. The van der Waals surface area contributed by atoms with Crippen LogP contribution in [0.2, 0.25) is 25.2 Å². The SMILES string of the molecule is CO[Si](C)(C=O)CCCC1CCC(C2CCC(CCC[Si](C)(OC)OC)C(O)C2)CC1O. The van der Waals surface area contributed by atoms with Gasteiger partial charge in [-0.15, -0.1) is 0 Å². The minimum Gasteiger partial charge on any atom is -0.413 e. The zero-order valence-electron chi connectivity index (χ0n) is 21.1. The van der Waals surface area contributed by atoms with Crippen LogP contribution < -0.4 is 0 Å². The molecule has 2 N–H and O–H groups in total. The van der Waals surface area contributed by atoms with Crippen molar-refractivity contribution in [2.24, 2.45) is 23.7 Å². The lowest BCUT2D eigenvalue weighted by atomic mass is 9.66. The normalized spacial score (nSPS) is 33.6. The van der Waals surface area contributed by atoms with Gasteiger partial charge in [0.15, 0.2) is 0 Å². The summed E-state index contributed by atoms with van der Waals surface area (Å²) in [5.74, 6) is 2.82. The summed E-state index contributed by atoms with van der Waals surface area (Å²) < 4.78 is 16.6. The van der Waals surface area contributed by atoms with E-state index in [2.05, 4.69) is 6.55 Å². The van der Waals surface area contributed by atoms with Gasteiger partial charge in [0.2, 0.25) is 0 Å². The van der Waals surface area contributed by atoms with Crippen LogP contribution in [0.25, 0.3) is 0 Å². The quantitative estimate of drug-likeness (QED) is 0.294. The maximum atomic E-state index is 11.3. The lowest BCUT2D eigenvalue weighted by molar-refractivity contribution is -0.0155. The largest absolute Gasteiger partial charge is 0.413 e. The van der Waals surface area contributed by atoms with Crippen molar-refractivity contribution in [1.29, 1.82) is 0 Å². The average Bonchev–Trinajstić information content (AvgIpc) is 2.80. The first kappa shape index (κ1) is 28.1. The summed E-state index contributed by atoms with van der Waals surface area (Å²) in [5.41, 5.74) is 0. The maximum Gasteiger partial charge on any atom is 0.334 e. The molecule has 188 valence electrons. The van der Waals surface area contributed by atoms with Gasteiger partial charge in [-0.05, 0) is 100 Å². The highest BCUT2D eigenvalue weighted by Crippen LogP contribution is 2.43. The van der Waals surface area contributed by atoms with Gasteiger partial charge in [-0.3, -0.25) is 0 Å². The van der Waals surface area contributed by atoms with Crippen LogP contribution in [0.4, 0.5) is 0 Å². The summed E-state index contributed by atoms with van der Waals surface area (Å²) in [6.45, 7) is 4.06. The molecule has 2 aliphatic rings. The summed E-state index contributed by atoms with van der Waals surface area (Å²) in [7, 11) is 0.918. The summed E-state index contributed by atoms with van der Waals surface area (Å²) >= 11 is 0. The molecular weight excluding hydrogens is 440 g/mol. The van der Waals surface area contributed by atoms with Crippen LogP contribution in [-0.4, -0.2) is 66.5 Å². The second-order valence-corrected chi connectivity index (χ2v) is 18.1. The average molecular weight is 489 g/mol. The van der Waals surface area contributed by atoms with E-state index in [0.29, 0.717) is 23.7 Å². The molecule has 0 aromatic rings. The maximum absolute atomic E-state index is 11.3. The van der Waals surface area contributed by atoms with Crippen LogP contribution in [0.1, 0.15) is 64.2 Å². The lowest BCUT2D eigenvalue weighted by Gasteiger charge is -2.42. The predicted molar refractivity (Wildman–Crippen MR) is 133 cm³/mol. The number of rotatable bonds is 13. The zero-order valence-corrected chi connectivity index (χ0v) is 23.1. The molecule has 0 heterocycles. The molecule has 2 fully saturated rings. The topological polar surface area (TPSA) is 85.2 Å². The summed E-state index contributed by atoms with van der Waals surface area (Å²) in [6.07, 6.45) is 9.79. The molecule has 0 aliphatic heterocycles. The van der Waals surface area contributed by atoms with E-state index in [-0.39, 0.29) is 12.2 Å². The van der Waals surface area contributed by atoms with Crippen molar-refractivity contribution in [2.75, 3.05) is 21.3 Å². The van der Waals surface area contributed by atoms with E-state index < -0.39 is 16.9 Å². The molecule has 8 heteroatoms. The van der Waals surface area contributed by atoms with E-state index in [1.165, 1.54) is 6.42 Å². The molecule has 0 saturated heterocycles. The Morgan fingerprint density at radius 1 is 0.781 bits per heavy atom. The van der Waals surface area contributed by atoms with Gasteiger partial charge in [0.05, 0.1) is 12.2 Å². The van der Waals surface area contributed by atoms with E-state index in [1.807, 2.05) is 6.55 Å². The number of aliphatic hydroxyl groups excluding tert-OH is 2. The van der Waals surface area contributed by atoms with Crippen molar-refractivity contribution < 1.29 is 28.3 Å². The van der Waals surface area contributed by atoms with Gasteiger partial charge in [-0.2, -0.15) is 0 Å². The van der Waals surface area contributed by atoms with Gasteiger partial charge in [0, 0.05) is 21.3 Å². The van der Waals surface area contributed by atoms with Crippen LogP contribution in [0.15, 0.2) is 0 Å². The molecule has 0 bridgehead atoms. The Balaban J connectivity index is 1.72. The molecule has 7 unspecified atom stereocenters. The first-order chi connectivity index (χ1) is 15.2. The van der Waals surface area contributed by atoms with Crippen LogP contribution in [0.3, 0.4) is 0 Å². The van der Waals surface area contributed by atoms with Crippen molar-refractivity contribution >= 4 is 22.8 Å². The van der Waals surface area contributed by atoms with Crippen LogP contribution in [0, 0.1) is 23.7 Å². The fourth-order valence-electron chi connectivity index (χ4n) is 5.91. The van der Waals surface area contributed by atoms with E-state index in [1.54, 1.807) is 21.3 Å². The van der Waals surface area contributed by atoms with E-state index in [9.17, 15) is 15.0 Å². The van der Waals surface area contributed by atoms with Gasteiger partial charge in [-0.1, -0.05) is 12.8 Å². The Morgan fingerprint density at radius 3 is 1.62 bits per heavy atom. The molecule has 6 nitrogen and oxygen atoms in total. The first-order valence-electron chi connectivity index (χ1n) is 12.7. The fraction of sp³-hybridized carbons (Fsp3) is 0.958. The van der Waals surface area contributed by atoms with Gasteiger partial charge < -0.3 is 28.3 Å². The minimum absolute atomic E-state index is 0.221. The van der Waals surface area contributed by atoms with Crippen molar-refractivity contribution in [1.82, 2.24) is 0 Å². The highest BCUT2D eigenvalue weighted by Gasteiger charge is 2.38. The number of hydrogen-bond donors (Lipinski definition) is 2. The number of carbonyl (C=O) groups excluding carboxylic acids is 1. The van der Waals surface area contributed by atoms with Crippen molar-refractivity contribution in [3.8, 4) is 0 Å². The molecule has 32 heavy (non-hydrogen) atoms. The molecule has 0 aromatic heterocycles. The van der Waals surface area contributed by atoms with Gasteiger partial charge in [-0.25, -0.2) is 0 Å². The van der Waals surface area contributed by atoms with Crippen molar-refractivity contribution in [3.05, 3.63) is 0 Å². The molecule has 2 saturated carbocycles. The Bertz CT molecular complexity index is 561. The highest BCUT2D eigenvalue weighted by atomic mass is 28.4. The second-order valence-electron chi connectivity index (χ2n) is 10.8. The first-order valence-corrected chi connectivity index (χ1v) is 17.9. The molecule has 2 rings (SSSR count). The Kier molecular flexibility index (Phi) is 11.5. The van der Waals surface area contributed by atoms with Crippen molar-refractivity contribution in [2.45, 2.75) is 102 Å². The summed E-state index contributed by atoms with van der Waals surface area (Å²) in [6, 6.07) is 1.81. The third kappa shape index (κ3) is 7.99. The number of carbonyl (C=O) groups is 1. The molecular formula is C24H48O6Si2. The standard InChI is InChI=1S/C24H48O6Si2/c1-28-31(4,18-25)14-6-8-19-10-12-21(16-23(19)26)22-13-11-20(24(27)17-22)9-7-15-32(5,29-2)30-3/h18-24,26-27H,6-17H2,1-5H3. The van der Waals surface area contributed by atoms with E-state index >= 15 is 0 Å².